The van der Waals surface area contributed by atoms with Gasteiger partial charge in [0.15, 0.2) is 0 Å². The molecule has 6 heteroatoms. The van der Waals surface area contributed by atoms with Crippen LogP contribution in [0.2, 0.25) is 0 Å². The van der Waals surface area contributed by atoms with Gasteiger partial charge in [-0.2, -0.15) is 5.10 Å². The summed E-state index contributed by atoms with van der Waals surface area (Å²) in [6, 6.07) is 15.3. The van der Waals surface area contributed by atoms with E-state index in [9.17, 15) is 4.39 Å². The first kappa shape index (κ1) is 16.2. The predicted octanol–water partition coefficient (Wildman–Crippen LogP) is 4.22. The van der Waals surface area contributed by atoms with Gasteiger partial charge in [-0.25, -0.2) is 14.1 Å². The van der Waals surface area contributed by atoms with E-state index < -0.39 is 0 Å². The van der Waals surface area contributed by atoms with Gasteiger partial charge < -0.3 is 4.98 Å². The minimum absolute atomic E-state index is 0.230. The largest absolute Gasteiger partial charge is 0.341 e. The lowest BCUT2D eigenvalue weighted by Gasteiger charge is -2.23. The zero-order valence-corrected chi connectivity index (χ0v) is 14.8. The van der Waals surface area contributed by atoms with Crippen LogP contribution in [0.5, 0.6) is 0 Å². The Kier molecular flexibility index (Phi) is 3.98. The fourth-order valence-electron chi connectivity index (χ4n) is 3.94. The molecule has 5 nitrogen and oxygen atoms in total. The molecule has 0 aliphatic carbocycles. The number of hydrogen-bond acceptors (Lipinski definition) is 3. The summed E-state index contributed by atoms with van der Waals surface area (Å²) in [5.41, 5.74) is 3.89. The molecular weight excluding hydrogens is 341 g/mol. The van der Waals surface area contributed by atoms with Gasteiger partial charge in [-0.15, -0.1) is 0 Å². The first-order valence-corrected chi connectivity index (χ1v) is 9.24. The van der Waals surface area contributed by atoms with Gasteiger partial charge in [0.2, 0.25) is 0 Å². The zero-order valence-electron chi connectivity index (χ0n) is 14.8. The van der Waals surface area contributed by atoms with E-state index in [2.05, 4.69) is 39.2 Å². The fraction of sp³-hybridized carbons (Fsp3) is 0.238. The molecule has 0 spiro atoms. The monoisotopic (exact) mass is 361 g/mol. The molecule has 0 amide bonds. The third-order valence-electron chi connectivity index (χ3n) is 5.21. The van der Waals surface area contributed by atoms with Crippen molar-refractivity contribution in [3.05, 3.63) is 78.1 Å². The summed E-state index contributed by atoms with van der Waals surface area (Å²) in [6.07, 6.45) is 5.93. The number of halogens is 1. The standard InChI is InChI=1S/C21H20FN5/c22-16-7-8-18-19(13-16)25-21(24-18)20-6-2-10-26(20)14-15-4-1-5-17(12-15)27-11-3-9-23-27/h1,3-5,7-9,11-13,20H,2,6,10,14H2,(H,24,25). The molecule has 5 rings (SSSR count). The Morgan fingerprint density at radius 3 is 3.00 bits per heavy atom. The normalized spacial score (nSPS) is 17.7. The molecular formula is C21H20FN5. The van der Waals surface area contributed by atoms with Gasteiger partial charge in [0.1, 0.15) is 11.6 Å². The Morgan fingerprint density at radius 1 is 1.15 bits per heavy atom. The summed E-state index contributed by atoms with van der Waals surface area (Å²) in [4.78, 5) is 10.5. The molecule has 2 aromatic heterocycles. The third-order valence-corrected chi connectivity index (χ3v) is 5.21. The summed E-state index contributed by atoms with van der Waals surface area (Å²) in [7, 11) is 0. The van der Waals surface area contributed by atoms with E-state index in [0.717, 1.165) is 48.5 Å². The van der Waals surface area contributed by atoms with Crippen LogP contribution in [0.4, 0.5) is 4.39 Å². The van der Waals surface area contributed by atoms with Crippen LogP contribution in [0.3, 0.4) is 0 Å². The van der Waals surface area contributed by atoms with E-state index in [1.807, 2.05) is 16.9 Å². The Labute approximate surface area is 156 Å². The summed E-state index contributed by atoms with van der Waals surface area (Å²) in [5.74, 6) is 0.688. The first-order valence-electron chi connectivity index (χ1n) is 9.24. The predicted molar refractivity (Wildman–Crippen MR) is 102 cm³/mol. The Bertz CT molecular complexity index is 1070. The minimum Gasteiger partial charge on any atom is -0.341 e. The van der Waals surface area contributed by atoms with Crippen LogP contribution in [0, 0.1) is 5.82 Å². The quantitative estimate of drug-likeness (QED) is 0.592. The SMILES string of the molecule is Fc1ccc2nc(C3CCCN3Cc3cccc(-n4cccn4)c3)[nH]c2c1. The number of imidazole rings is 1. The average molecular weight is 361 g/mol. The minimum atomic E-state index is -0.239. The van der Waals surface area contributed by atoms with Crippen LogP contribution in [0.25, 0.3) is 16.7 Å². The van der Waals surface area contributed by atoms with E-state index in [1.165, 1.54) is 17.7 Å². The van der Waals surface area contributed by atoms with Crippen LogP contribution >= 0.6 is 0 Å². The van der Waals surface area contributed by atoms with Crippen molar-refractivity contribution in [1.82, 2.24) is 24.6 Å². The molecule has 1 saturated heterocycles. The highest BCUT2D eigenvalue weighted by atomic mass is 19.1. The van der Waals surface area contributed by atoms with Crippen molar-refractivity contribution in [3.8, 4) is 5.69 Å². The van der Waals surface area contributed by atoms with Crippen LogP contribution in [-0.4, -0.2) is 31.2 Å². The van der Waals surface area contributed by atoms with Crippen LogP contribution in [0.1, 0.15) is 30.3 Å². The lowest BCUT2D eigenvalue weighted by atomic mass is 10.1. The molecule has 136 valence electrons. The molecule has 0 bridgehead atoms. The van der Waals surface area contributed by atoms with Gasteiger partial charge in [0.25, 0.3) is 0 Å². The number of aromatic nitrogens is 4. The van der Waals surface area contributed by atoms with Crippen LogP contribution in [-0.2, 0) is 6.54 Å². The number of hydrogen-bond donors (Lipinski definition) is 1. The van der Waals surface area contributed by atoms with Crippen molar-refractivity contribution in [2.75, 3.05) is 6.54 Å². The Balaban J connectivity index is 1.40. The molecule has 1 aliphatic heterocycles. The van der Waals surface area contributed by atoms with Gasteiger partial charge in [-0.3, -0.25) is 4.90 Å². The fourth-order valence-corrected chi connectivity index (χ4v) is 3.94. The summed E-state index contributed by atoms with van der Waals surface area (Å²) < 4.78 is 15.4. The molecule has 0 radical (unpaired) electrons. The number of likely N-dealkylation sites (tertiary alicyclic amines) is 1. The second-order valence-electron chi connectivity index (χ2n) is 7.03. The van der Waals surface area contributed by atoms with Crippen LogP contribution < -0.4 is 0 Å². The van der Waals surface area contributed by atoms with Gasteiger partial charge in [-0.05, 0) is 61.3 Å². The molecule has 1 atom stereocenters. The topological polar surface area (TPSA) is 49.7 Å². The van der Waals surface area contributed by atoms with Crippen molar-refractivity contribution < 1.29 is 4.39 Å². The second-order valence-corrected chi connectivity index (χ2v) is 7.03. The van der Waals surface area contributed by atoms with Gasteiger partial charge in [0, 0.05) is 18.9 Å². The maximum absolute atomic E-state index is 13.5. The van der Waals surface area contributed by atoms with E-state index in [1.54, 1.807) is 12.3 Å². The number of H-pyrrole nitrogens is 1. The highest BCUT2D eigenvalue weighted by molar-refractivity contribution is 5.75. The lowest BCUT2D eigenvalue weighted by Crippen LogP contribution is -2.23. The maximum atomic E-state index is 13.5. The maximum Gasteiger partial charge on any atom is 0.125 e. The lowest BCUT2D eigenvalue weighted by molar-refractivity contribution is 0.241. The number of rotatable bonds is 4. The van der Waals surface area contributed by atoms with Crippen molar-refractivity contribution in [2.24, 2.45) is 0 Å². The summed E-state index contributed by atoms with van der Waals surface area (Å²) in [6.45, 7) is 1.88. The average Bonchev–Trinajstić information content (AvgIpc) is 3.42. The highest BCUT2D eigenvalue weighted by Crippen LogP contribution is 2.33. The van der Waals surface area contributed by atoms with Crippen molar-refractivity contribution in [2.45, 2.75) is 25.4 Å². The number of benzene rings is 2. The smallest absolute Gasteiger partial charge is 0.125 e. The van der Waals surface area contributed by atoms with E-state index >= 15 is 0 Å². The molecule has 4 aromatic rings. The van der Waals surface area contributed by atoms with E-state index in [4.69, 9.17) is 4.98 Å². The molecule has 0 saturated carbocycles. The van der Waals surface area contributed by atoms with Crippen molar-refractivity contribution in [1.29, 1.82) is 0 Å². The number of aromatic amines is 1. The number of fused-ring (bicyclic) bond motifs is 1. The first-order chi connectivity index (χ1) is 13.3. The molecule has 1 unspecified atom stereocenters. The van der Waals surface area contributed by atoms with Gasteiger partial charge in [-0.1, -0.05) is 12.1 Å². The zero-order chi connectivity index (χ0) is 18.2. The van der Waals surface area contributed by atoms with Crippen LogP contribution in [0.15, 0.2) is 60.9 Å². The molecule has 1 fully saturated rings. The molecule has 3 heterocycles. The van der Waals surface area contributed by atoms with Gasteiger partial charge in [0.05, 0.1) is 22.8 Å². The molecule has 1 aliphatic rings. The van der Waals surface area contributed by atoms with Crippen molar-refractivity contribution in [3.63, 3.8) is 0 Å². The molecule has 2 aromatic carbocycles. The summed E-state index contributed by atoms with van der Waals surface area (Å²) in [5, 5.41) is 4.31. The van der Waals surface area contributed by atoms with Crippen molar-refractivity contribution >= 4 is 11.0 Å². The number of nitrogens with one attached hydrogen (secondary N) is 1. The second kappa shape index (κ2) is 6.63. The van der Waals surface area contributed by atoms with E-state index in [0.29, 0.717) is 0 Å². The van der Waals surface area contributed by atoms with Gasteiger partial charge >= 0.3 is 0 Å². The Hall–Kier alpha value is -2.99. The summed E-state index contributed by atoms with van der Waals surface area (Å²) >= 11 is 0. The molecule has 27 heavy (non-hydrogen) atoms. The Morgan fingerprint density at radius 2 is 2.11 bits per heavy atom. The highest BCUT2D eigenvalue weighted by Gasteiger charge is 2.28. The third kappa shape index (κ3) is 3.13. The number of nitrogens with zero attached hydrogens (tertiary/aromatic N) is 4. The van der Waals surface area contributed by atoms with E-state index in [-0.39, 0.29) is 11.9 Å². The molecule has 1 N–H and O–H groups in total.